The molecule has 0 spiro atoms. The number of halogens is 1. The summed E-state index contributed by atoms with van der Waals surface area (Å²) in [5.41, 5.74) is 0.446. The zero-order valence-electron chi connectivity index (χ0n) is 8.10. The quantitative estimate of drug-likeness (QED) is 0.639. The molecule has 0 saturated carbocycles. The molecule has 13 heavy (non-hydrogen) atoms. The van der Waals surface area contributed by atoms with Crippen LogP contribution in [0.25, 0.3) is 0 Å². The van der Waals surface area contributed by atoms with Gasteiger partial charge in [0.1, 0.15) is 0 Å². The third-order valence-corrected chi connectivity index (χ3v) is 2.35. The number of hydrogen-bond donors (Lipinski definition) is 0. The maximum absolute atomic E-state index is 13.6. The van der Waals surface area contributed by atoms with Gasteiger partial charge >= 0.3 is 0 Å². The van der Waals surface area contributed by atoms with Crippen LogP contribution in [0.1, 0.15) is 23.6 Å². The molecule has 0 amide bonds. The average Bonchev–Trinajstić information content (AvgIpc) is 2.09. The molecule has 0 saturated heterocycles. The molecule has 1 nitrogen and oxygen atoms in total. The lowest BCUT2D eigenvalue weighted by Crippen LogP contribution is -2.18. The van der Waals surface area contributed by atoms with Crippen LogP contribution >= 0.6 is 0 Å². The first kappa shape index (κ1) is 9.90. The SMILES string of the molecule is Cc1cccc(C(C)(F)C=O)c1C. The van der Waals surface area contributed by atoms with E-state index in [1.165, 1.54) is 6.92 Å². The highest BCUT2D eigenvalue weighted by atomic mass is 19.1. The zero-order valence-corrected chi connectivity index (χ0v) is 8.10. The molecule has 0 radical (unpaired) electrons. The number of aldehydes is 1. The van der Waals surface area contributed by atoms with Crippen molar-refractivity contribution in [2.45, 2.75) is 26.4 Å². The Kier molecular flexibility index (Phi) is 2.50. The predicted octanol–water partition coefficient (Wildman–Crippen LogP) is 2.69. The van der Waals surface area contributed by atoms with Gasteiger partial charge in [-0.25, -0.2) is 4.39 Å². The first-order valence-corrected chi connectivity index (χ1v) is 4.21. The standard InChI is InChI=1S/C11H13FO/c1-8-5-4-6-10(9(8)2)11(3,12)7-13/h4-7H,1-3H3. The lowest BCUT2D eigenvalue weighted by Gasteiger charge is -2.17. The highest BCUT2D eigenvalue weighted by Crippen LogP contribution is 2.27. The molecule has 70 valence electrons. The van der Waals surface area contributed by atoms with Crippen LogP contribution in [-0.2, 0) is 10.5 Å². The van der Waals surface area contributed by atoms with E-state index >= 15 is 0 Å². The van der Waals surface area contributed by atoms with E-state index in [2.05, 4.69) is 0 Å². The fraction of sp³-hybridized carbons (Fsp3) is 0.364. The van der Waals surface area contributed by atoms with Gasteiger partial charge in [-0.1, -0.05) is 18.2 Å². The lowest BCUT2D eigenvalue weighted by molar-refractivity contribution is -0.117. The van der Waals surface area contributed by atoms with Crippen molar-refractivity contribution in [2.24, 2.45) is 0 Å². The minimum atomic E-state index is -1.86. The van der Waals surface area contributed by atoms with Crippen molar-refractivity contribution >= 4 is 6.29 Å². The van der Waals surface area contributed by atoms with Crippen molar-refractivity contribution in [1.29, 1.82) is 0 Å². The maximum Gasteiger partial charge on any atom is 0.188 e. The van der Waals surface area contributed by atoms with E-state index in [-0.39, 0.29) is 0 Å². The Balaban J connectivity index is 3.30. The first-order valence-electron chi connectivity index (χ1n) is 4.21. The lowest BCUT2D eigenvalue weighted by atomic mass is 9.92. The number of carbonyl (C=O) groups is 1. The number of benzene rings is 1. The molecule has 0 aliphatic heterocycles. The van der Waals surface area contributed by atoms with Crippen molar-refractivity contribution in [2.75, 3.05) is 0 Å². The molecule has 0 aliphatic carbocycles. The molecular weight excluding hydrogens is 167 g/mol. The van der Waals surface area contributed by atoms with Crippen molar-refractivity contribution < 1.29 is 9.18 Å². The summed E-state index contributed by atoms with van der Waals surface area (Å²) in [4.78, 5) is 10.5. The van der Waals surface area contributed by atoms with Gasteiger partial charge in [-0.15, -0.1) is 0 Å². The summed E-state index contributed by atoms with van der Waals surface area (Å²) in [5, 5.41) is 0. The molecule has 1 aromatic rings. The van der Waals surface area contributed by atoms with E-state index in [9.17, 15) is 9.18 Å². The van der Waals surface area contributed by atoms with Gasteiger partial charge in [-0.3, -0.25) is 4.79 Å². The Morgan fingerprint density at radius 2 is 2.00 bits per heavy atom. The molecule has 0 heterocycles. The number of aryl methyl sites for hydroxylation is 1. The molecule has 0 aromatic heterocycles. The second-order valence-corrected chi connectivity index (χ2v) is 3.44. The third-order valence-electron chi connectivity index (χ3n) is 2.35. The van der Waals surface area contributed by atoms with Crippen LogP contribution in [-0.4, -0.2) is 6.29 Å². The second-order valence-electron chi connectivity index (χ2n) is 3.44. The van der Waals surface area contributed by atoms with E-state index in [0.29, 0.717) is 11.8 Å². The van der Waals surface area contributed by atoms with Crippen LogP contribution in [0.3, 0.4) is 0 Å². The fourth-order valence-electron chi connectivity index (χ4n) is 1.34. The van der Waals surface area contributed by atoms with E-state index in [1.807, 2.05) is 19.9 Å². The van der Waals surface area contributed by atoms with Crippen molar-refractivity contribution in [3.05, 3.63) is 34.9 Å². The largest absolute Gasteiger partial charge is 0.299 e. The van der Waals surface area contributed by atoms with E-state index < -0.39 is 5.67 Å². The van der Waals surface area contributed by atoms with Gasteiger partial charge in [0.15, 0.2) is 12.0 Å². The van der Waals surface area contributed by atoms with Crippen LogP contribution in [0.4, 0.5) is 4.39 Å². The Hall–Kier alpha value is -1.18. The molecular formula is C11H13FO. The number of hydrogen-bond acceptors (Lipinski definition) is 1. The highest BCUT2D eigenvalue weighted by Gasteiger charge is 2.26. The summed E-state index contributed by atoms with van der Waals surface area (Å²) in [5.74, 6) is 0. The zero-order chi connectivity index (χ0) is 10.1. The smallest absolute Gasteiger partial charge is 0.188 e. The fourth-order valence-corrected chi connectivity index (χ4v) is 1.34. The van der Waals surface area contributed by atoms with Gasteiger partial charge in [0.25, 0.3) is 0 Å². The molecule has 0 bridgehead atoms. The Morgan fingerprint density at radius 1 is 1.38 bits per heavy atom. The van der Waals surface area contributed by atoms with E-state index in [1.54, 1.807) is 12.1 Å². The van der Waals surface area contributed by atoms with Gasteiger partial charge < -0.3 is 0 Å². The maximum atomic E-state index is 13.6. The monoisotopic (exact) mass is 180 g/mol. The first-order chi connectivity index (χ1) is 5.99. The van der Waals surface area contributed by atoms with Crippen LogP contribution < -0.4 is 0 Å². The third kappa shape index (κ3) is 1.77. The minimum absolute atomic E-state index is 0.342. The van der Waals surface area contributed by atoms with E-state index in [4.69, 9.17) is 0 Å². The summed E-state index contributed by atoms with van der Waals surface area (Å²) < 4.78 is 13.6. The van der Waals surface area contributed by atoms with Crippen molar-refractivity contribution in [3.63, 3.8) is 0 Å². The average molecular weight is 180 g/mol. The molecule has 0 aliphatic rings. The van der Waals surface area contributed by atoms with Crippen LogP contribution in [0.5, 0.6) is 0 Å². The highest BCUT2D eigenvalue weighted by molar-refractivity contribution is 5.66. The van der Waals surface area contributed by atoms with Crippen molar-refractivity contribution in [1.82, 2.24) is 0 Å². The van der Waals surface area contributed by atoms with Gasteiger partial charge in [-0.2, -0.15) is 0 Å². The molecule has 1 rings (SSSR count). The van der Waals surface area contributed by atoms with Gasteiger partial charge in [-0.05, 0) is 37.5 Å². The summed E-state index contributed by atoms with van der Waals surface area (Å²) in [6.45, 7) is 5.01. The minimum Gasteiger partial charge on any atom is -0.299 e. The number of carbonyl (C=O) groups excluding carboxylic acids is 1. The normalized spacial score (nSPS) is 15.1. The molecule has 1 aromatic carbocycles. The van der Waals surface area contributed by atoms with Gasteiger partial charge in [0.05, 0.1) is 0 Å². The number of alkyl halides is 1. The summed E-state index contributed by atoms with van der Waals surface area (Å²) in [7, 11) is 0. The topological polar surface area (TPSA) is 17.1 Å². The molecule has 0 fully saturated rings. The molecule has 2 heteroatoms. The van der Waals surface area contributed by atoms with Gasteiger partial charge in [0, 0.05) is 0 Å². The van der Waals surface area contributed by atoms with Crippen LogP contribution in [0.15, 0.2) is 18.2 Å². The Labute approximate surface area is 77.6 Å². The predicted molar refractivity (Wildman–Crippen MR) is 50.4 cm³/mol. The van der Waals surface area contributed by atoms with E-state index in [0.717, 1.165) is 11.1 Å². The van der Waals surface area contributed by atoms with Gasteiger partial charge in [0.2, 0.25) is 0 Å². The number of rotatable bonds is 2. The van der Waals surface area contributed by atoms with Crippen LogP contribution in [0.2, 0.25) is 0 Å². The summed E-state index contributed by atoms with van der Waals surface area (Å²) in [6.07, 6.45) is 0.342. The Morgan fingerprint density at radius 3 is 2.54 bits per heavy atom. The summed E-state index contributed by atoms with van der Waals surface area (Å²) >= 11 is 0. The molecule has 1 unspecified atom stereocenters. The second kappa shape index (κ2) is 3.29. The van der Waals surface area contributed by atoms with Crippen molar-refractivity contribution in [3.8, 4) is 0 Å². The summed E-state index contributed by atoms with van der Waals surface area (Å²) in [6, 6.07) is 5.31. The molecule has 0 N–H and O–H groups in total. The molecule has 1 atom stereocenters. The Bertz CT molecular complexity index is 329. The van der Waals surface area contributed by atoms with Crippen LogP contribution in [0, 0.1) is 13.8 Å².